The van der Waals surface area contributed by atoms with Crippen LogP contribution < -0.4 is 10.1 Å². The summed E-state index contributed by atoms with van der Waals surface area (Å²) in [6.07, 6.45) is 1.56. The monoisotopic (exact) mass is 300 g/mol. The predicted octanol–water partition coefficient (Wildman–Crippen LogP) is 1.52. The fourth-order valence-electron chi connectivity index (χ4n) is 1.93. The van der Waals surface area contributed by atoms with Crippen LogP contribution in [0.5, 0.6) is 5.88 Å². The highest BCUT2D eigenvalue weighted by Crippen LogP contribution is 2.08. The van der Waals surface area contributed by atoms with Gasteiger partial charge in [-0.15, -0.1) is 0 Å². The Balaban J connectivity index is 2.06. The van der Waals surface area contributed by atoms with E-state index in [-0.39, 0.29) is 12.0 Å². The number of hydrogen-bond donors (Lipinski definition) is 2. The maximum Gasteiger partial charge on any atom is 0.326 e. The van der Waals surface area contributed by atoms with Crippen molar-refractivity contribution >= 4 is 11.9 Å². The Labute approximate surface area is 127 Å². The van der Waals surface area contributed by atoms with Crippen LogP contribution in [0.3, 0.4) is 0 Å². The molecule has 0 spiro atoms. The van der Waals surface area contributed by atoms with E-state index in [1.807, 2.05) is 30.3 Å². The van der Waals surface area contributed by atoms with Crippen LogP contribution in [-0.2, 0) is 11.2 Å². The lowest BCUT2D eigenvalue weighted by Crippen LogP contribution is -2.42. The van der Waals surface area contributed by atoms with E-state index in [0.29, 0.717) is 5.88 Å². The second-order valence-electron chi connectivity index (χ2n) is 4.64. The van der Waals surface area contributed by atoms with E-state index in [1.54, 1.807) is 6.07 Å². The van der Waals surface area contributed by atoms with Crippen molar-refractivity contribution in [1.29, 1.82) is 0 Å². The van der Waals surface area contributed by atoms with Gasteiger partial charge in [-0.3, -0.25) is 4.79 Å². The van der Waals surface area contributed by atoms with Crippen molar-refractivity contribution in [2.75, 3.05) is 7.11 Å². The number of methoxy groups -OCH3 is 1. The molecule has 1 aromatic carbocycles. The molecule has 2 aromatic rings. The molecule has 1 atom stereocenters. The van der Waals surface area contributed by atoms with E-state index in [2.05, 4.69) is 10.3 Å². The van der Waals surface area contributed by atoms with Crippen LogP contribution in [0.15, 0.2) is 48.7 Å². The molecule has 1 heterocycles. The number of aromatic nitrogens is 1. The lowest BCUT2D eigenvalue weighted by atomic mass is 10.1. The highest BCUT2D eigenvalue weighted by atomic mass is 16.5. The normalized spacial score (nSPS) is 11.5. The van der Waals surface area contributed by atoms with Crippen molar-refractivity contribution in [3.63, 3.8) is 0 Å². The van der Waals surface area contributed by atoms with Gasteiger partial charge in [0.2, 0.25) is 5.88 Å². The number of hydrogen-bond acceptors (Lipinski definition) is 4. The highest BCUT2D eigenvalue weighted by Gasteiger charge is 2.21. The zero-order valence-electron chi connectivity index (χ0n) is 12.0. The van der Waals surface area contributed by atoms with E-state index in [1.165, 1.54) is 19.4 Å². The number of carboxylic acids is 1. The van der Waals surface area contributed by atoms with E-state index in [9.17, 15) is 14.7 Å². The number of pyridine rings is 1. The molecule has 0 radical (unpaired) electrons. The zero-order valence-corrected chi connectivity index (χ0v) is 12.0. The van der Waals surface area contributed by atoms with Gasteiger partial charge in [0.15, 0.2) is 0 Å². The van der Waals surface area contributed by atoms with Crippen LogP contribution in [0.2, 0.25) is 0 Å². The van der Waals surface area contributed by atoms with Crippen molar-refractivity contribution in [3.05, 3.63) is 59.8 Å². The summed E-state index contributed by atoms with van der Waals surface area (Å²) in [5.41, 5.74) is 1.11. The molecule has 0 fully saturated rings. The fourth-order valence-corrected chi connectivity index (χ4v) is 1.93. The number of rotatable bonds is 6. The van der Waals surface area contributed by atoms with Crippen molar-refractivity contribution in [2.24, 2.45) is 0 Å². The maximum absolute atomic E-state index is 12.1. The standard InChI is InChI=1S/C16H16N2O4/c1-22-14-8-7-12(10-17-14)15(19)18-13(16(20)21)9-11-5-3-2-4-6-11/h2-8,10,13H,9H2,1H3,(H,18,19)(H,20,21). The predicted molar refractivity (Wildman–Crippen MR) is 79.8 cm³/mol. The third-order valence-corrected chi connectivity index (χ3v) is 3.09. The molecule has 0 aliphatic rings. The van der Waals surface area contributed by atoms with Gasteiger partial charge in [-0.2, -0.15) is 0 Å². The molecule has 1 amide bonds. The van der Waals surface area contributed by atoms with Gasteiger partial charge in [-0.25, -0.2) is 9.78 Å². The molecule has 1 aromatic heterocycles. The first-order valence-electron chi connectivity index (χ1n) is 6.68. The van der Waals surface area contributed by atoms with E-state index >= 15 is 0 Å². The smallest absolute Gasteiger partial charge is 0.326 e. The third kappa shape index (κ3) is 4.05. The van der Waals surface area contributed by atoms with Gasteiger partial charge >= 0.3 is 5.97 Å². The van der Waals surface area contributed by atoms with Gasteiger partial charge in [-0.1, -0.05) is 30.3 Å². The number of aliphatic carboxylic acids is 1. The minimum Gasteiger partial charge on any atom is -0.481 e. The van der Waals surface area contributed by atoms with Gasteiger partial charge in [-0.05, 0) is 11.6 Å². The minimum atomic E-state index is -1.08. The summed E-state index contributed by atoms with van der Waals surface area (Å²) in [5, 5.41) is 11.8. The summed E-state index contributed by atoms with van der Waals surface area (Å²) >= 11 is 0. The first-order valence-corrected chi connectivity index (χ1v) is 6.68. The Morgan fingerprint density at radius 1 is 1.23 bits per heavy atom. The number of ether oxygens (including phenoxy) is 1. The first-order chi connectivity index (χ1) is 10.6. The average Bonchev–Trinajstić information content (AvgIpc) is 2.55. The number of benzene rings is 1. The first kappa shape index (κ1) is 15.5. The van der Waals surface area contributed by atoms with Crippen LogP contribution in [0, 0.1) is 0 Å². The molecule has 0 saturated heterocycles. The summed E-state index contributed by atoms with van der Waals surface area (Å²) in [6.45, 7) is 0. The summed E-state index contributed by atoms with van der Waals surface area (Å²) in [4.78, 5) is 27.3. The van der Waals surface area contributed by atoms with E-state index in [0.717, 1.165) is 5.56 Å². The second-order valence-corrected chi connectivity index (χ2v) is 4.64. The summed E-state index contributed by atoms with van der Waals surface area (Å²) in [7, 11) is 1.47. The summed E-state index contributed by atoms with van der Waals surface area (Å²) in [5.74, 6) is -1.19. The molecule has 6 heteroatoms. The molecular weight excluding hydrogens is 284 g/mol. The quantitative estimate of drug-likeness (QED) is 0.844. The Morgan fingerprint density at radius 3 is 2.50 bits per heavy atom. The average molecular weight is 300 g/mol. The number of nitrogens with one attached hydrogen (secondary N) is 1. The zero-order chi connectivity index (χ0) is 15.9. The number of carboxylic acid groups (broad SMARTS) is 1. The van der Waals surface area contributed by atoms with Crippen molar-refractivity contribution in [2.45, 2.75) is 12.5 Å². The van der Waals surface area contributed by atoms with E-state index in [4.69, 9.17) is 4.74 Å². The van der Waals surface area contributed by atoms with Crippen LogP contribution in [0.4, 0.5) is 0 Å². The van der Waals surface area contributed by atoms with Gasteiger partial charge in [0, 0.05) is 18.7 Å². The molecule has 2 N–H and O–H groups in total. The summed E-state index contributed by atoms with van der Waals surface area (Å²) in [6, 6.07) is 11.2. The van der Waals surface area contributed by atoms with Gasteiger partial charge in [0.05, 0.1) is 12.7 Å². The van der Waals surface area contributed by atoms with Gasteiger partial charge in [0.25, 0.3) is 5.91 Å². The highest BCUT2D eigenvalue weighted by molar-refractivity contribution is 5.96. The molecule has 0 bridgehead atoms. The number of carbonyl (C=O) groups excluding carboxylic acids is 1. The Morgan fingerprint density at radius 2 is 1.95 bits per heavy atom. The lowest BCUT2D eigenvalue weighted by molar-refractivity contribution is -0.139. The minimum absolute atomic E-state index is 0.214. The molecule has 2 rings (SSSR count). The van der Waals surface area contributed by atoms with Crippen molar-refractivity contribution in [1.82, 2.24) is 10.3 Å². The van der Waals surface area contributed by atoms with Crippen molar-refractivity contribution in [3.8, 4) is 5.88 Å². The Hall–Kier alpha value is -2.89. The molecule has 1 unspecified atom stereocenters. The molecule has 114 valence electrons. The second kappa shape index (κ2) is 7.21. The van der Waals surface area contributed by atoms with Gasteiger partial charge < -0.3 is 15.2 Å². The van der Waals surface area contributed by atoms with Gasteiger partial charge in [0.1, 0.15) is 6.04 Å². The summed E-state index contributed by atoms with van der Waals surface area (Å²) < 4.78 is 4.91. The third-order valence-electron chi connectivity index (χ3n) is 3.09. The number of nitrogens with zero attached hydrogens (tertiary/aromatic N) is 1. The Kier molecular flexibility index (Phi) is 5.08. The molecule has 6 nitrogen and oxygen atoms in total. The van der Waals surface area contributed by atoms with E-state index < -0.39 is 17.9 Å². The van der Waals surface area contributed by atoms with Crippen LogP contribution in [0.1, 0.15) is 15.9 Å². The molecule has 0 aliphatic carbocycles. The maximum atomic E-state index is 12.1. The van der Waals surface area contributed by atoms with Crippen LogP contribution >= 0.6 is 0 Å². The Bertz CT molecular complexity index is 641. The van der Waals surface area contributed by atoms with Crippen LogP contribution in [-0.4, -0.2) is 35.1 Å². The number of carbonyl (C=O) groups is 2. The molecule has 22 heavy (non-hydrogen) atoms. The largest absolute Gasteiger partial charge is 0.481 e. The number of amides is 1. The fraction of sp³-hybridized carbons (Fsp3) is 0.188. The SMILES string of the molecule is COc1ccc(C(=O)NC(Cc2ccccc2)C(=O)O)cn1. The molecular formula is C16H16N2O4. The molecule has 0 aliphatic heterocycles. The lowest BCUT2D eigenvalue weighted by Gasteiger charge is -2.14. The van der Waals surface area contributed by atoms with Crippen molar-refractivity contribution < 1.29 is 19.4 Å². The molecule has 0 saturated carbocycles. The van der Waals surface area contributed by atoms with Crippen LogP contribution in [0.25, 0.3) is 0 Å². The topological polar surface area (TPSA) is 88.5 Å².